The van der Waals surface area contributed by atoms with Crippen LogP contribution in [-0.4, -0.2) is 13.0 Å². The number of carbonyl (C=O) groups is 1. The quantitative estimate of drug-likeness (QED) is 0.929. The van der Waals surface area contributed by atoms with E-state index in [2.05, 4.69) is 5.32 Å². The molecule has 2 aromatic carbocycles. The molecule has 0 radical (unpaired) electrons. The number of ether oxygens (including phenoxy) is 1. The molecule has 20 heavy (non-hydrogen) atoms. The lowest BCUT2D eigenvalue weighted by atomic mass is 10.1. The van der Waals surface area contributed by atoms with E-state index in [4.69, 9.17) is 16.3 Å². The number of nitrogens with one attached hydrogen (secondary N) is 1. The van der Waals surface area contributed by atoms with Crippen molar-refractivity contribution in [2.24, 2.45) is 0 Å². The van der Waals surface area contributed by atoms with Crippen LogP contribution in [0.1, 0.15) is 28.9 Å². The van der Waals surface area contributed by atoms with Gasteiger partial charge in [-0.3, -0.25) is 4.79 Å². The Hall–Kier alpha value is -2.00. The third-order valence-corrected chi connectivity index (χ3v) is 3.26. The Morgan fingerprint density at radius 2 is 1.95 bits per heavy atom. The predicted molar refractivity (Wildman–Crippen MR) is 80.3 cm³/mol. The molecule has 1 atom stereocenters. The van der Waals surface area contributed by atoms with Gasteiger partial charge in [-0.15, -0.1) is 0 Å². The Balaban J connectivity index is 2.10. The second-order valence-electron chi connectivity index (χ2n) is 4.48. The van der Waals surface area contributed by atoms with Crippen LogP contribution in [0.5, 0.6) is 5.75 Å². The second-order valence-corrected chi connectivity index (χ2v) is 4.92. The minimum atomic E-state index is -0.150. The van der Waals surface area contributed by atoms with Gasteiger partial charge in [0, 0.05) is 10.6 Å². The van der Waals surface area contributed by atoms with Gasteiger partial charge in [0.2, 0.25) is 0 Å². The van der Waals surface area contributed by atoms with Gasteiger partial charge < -0.3 is 10.1 Å². The van der Waals surface area contributed by atoms with Crippen molar-refractivity contribution in [2.75, 3.05) is 7.11 Å². The summed E-state index contributed by atoms with van der Waals surface area (Å²) in [7, 11) is 1.62. The summed E-state index contributed by atoms with van der Waals surface area (Å²) in [5.74, 6) is 0.620. The first-order valence-electron chi connectivity index (χ1n) is 6.30. The molecule has 0 aliphatic rings. The van der Waals surface area contributed by atoms with E-state index >= 15 is 0 Å². The fourth-order valence-corrected chi connectivity index (χ4v) is 2.09. The van der Waals surface area contributed by atoms with E-state index in [9.17, 15) is 4.79 Å². The lowest BCUT2D eigenvalue weighted by molar-refractivity contribution is 0.0940. The van der Waals surface area contributed by atoms with Gasteiger partial charge >= 0.3 is 0 Å². The van der Waals surface area contributed by atoms with E-state index in [-0.39, 0.29) is 11.9 Å². The molecule has 0 unspecified atom stereocenters. The summed E-state index contributed by atoms with van der Waals surface area (Å²) in [6, 6.07) is 14.4. The second kappa shape index (κ2) is 6.44. The smallest absolute Gasteiger partial charge is 0.251 e. The van der Waals surface area contributed by atoms with Crippen molar-refractivity contribution in [3.05, 3.63) is 64.7 Å². The lowest BCUT2D eigenvalue weighted by Crippen LogP contribution is -2.26. The molecule has 2 rings (SSSR count). The number of methoxy groups -OCH3 is 1. The highest BCUT2D eigenvalue weighted by Gasteiger charge is 2.12. The highest BCUT2D eigenvalue weighted by atomic mass is 35.5. The number of hydrogen-bond acceptors (Lipinski definition) is 2. The van der Waals surface area contributed by atoms with Gasteiger partial charge in [-0.05, 0) is 42.8 Å². The monoisotopic (exact) mass is 289 g/mol. The van der Waals surface area contributed by atoms with Crippen LogP contribution in [0.3, 0.4) is 0 Å². The van der Waals surface area contributed by atoms with Gasteiger partial charge in [-0.1, -0.05) is 29.8 Å². The van der Waals surface area contributed by atoms with E-state index < -0.39 is 0 Å². The predicted octanol–water partition coefficient (Wildman–Crippen LogP) is 3.84. The van der Waals surface area contributed by atoms with Gasteiger partial charge in [0.05, 0.1) is 13.2 Å². The molecule has 104 valence electrons. The maximum Gasteiger partial charge on any atom is 0.251 e. The fourth-order valence-electron chi connectivity index (χ4n) is 1.90. The van der Waals surface area contributed by atoms with Crippen molar-refractivity contribution in [1.82, 2.24) is 5.32 Å². The molecule has 0 aliphatic heterocycles. The molecule has 0 spiro atoms. The Morgan fingerprint density at radius 3 is 2.65 bits per heavy atom. The molecule has 0 aromatic heterocycles. The van der Waals surface area contributed by atoms with Gasteiger partial charge in [-0.25, -0.2) is 0 Å². The number of amides is 1. The maximum atomic E-state index is 12.1. The van der Waals surface area contributed by atoms with Crippen LogP contribution in [-0.2, 0) is 0 Å². The van der Waals surface area contributed by atoms with E-state index in [1.807, 2.05) is 31.2 Å². The zero-order chi connectivity index (χ0) is 14.5. The summed E-state index contributed by atoms with van der Waals surface area (Å²) >= 11 is 5.89. The van der Waals surface area contributed by atoms with Crippen LogP contribution in [0.15, 0.2) is 48.5 Å². The fraction of sp³-hybridized carbons (Fsp3) is 0.188. The first-order valence-corrected chi connectivity index (χ1v) is 6.68. The van der Waals surface area contributed by atoms with E-state index in [1.165, 1.54) is 0 Å². The van der Waals surface area contributed by atoms with Crippen molar-refractivity contribution in [3.63, 3.8) is 0 Å². The molecule has 2 aromatic rings. The molecule has 0 saturated carbocycles. The number of halogens is 1. The minimum Gasteiger partial charge on any atom is -0.497 e. The topological polar surface area (TPSA) is 38.3 Å². The Kier molecular flexibility index (Phi) is 4.64. The van der Waals surface area contributed by atoms with Crippen LogP contribution >= 0.6 is 11.6 Å². The molecule has 0 bridgehead atoms. The van der Waals surface area contributed by atoms with Crippen LogP contribution in [0.4, 0.5) is 0 Å². The average molecular weight is 290 g/mol. The normalized spacial score (nSPS) is 11.8. The van der Waals surface area contributed by atoms with Gasteiger partial charge in [0.1, 0.15) is 5.75 Å². The van der Waals surface area contributed by atoms with Gasteiger partial charge in [0.15, 0.2) is 0 Å². The van der Waals surface area contributed by atoms with Crippen molar-refractivity contribution in [2.45, 2.75) is 13.0 Å². The largest absolute Gasteiger partial charge is 0.497 e. The Labute approximate surface area is 123 Å². The van der Waals surface area contributed by atoms with Crippen LogP contribution in [0.2, 0.25) is 5.02 Å². The van der Waals surface area contributed by atoms with Gasteiger partial charge in [0.25, 0.3) is 5.91 Å². The summed E-state index contributed by atoms with van der Waals surface area (Å²) < 4.78 is 5.18. The Morgan fingerprint density at radius 1 is 1.20 bits per heavy atom. The third kappa shape index (κ3) is 3.52. The SMILES string of the molecule is COc1cccc([C@H](C)NC(=O)c2cccc(Cl)c2)c1. The van der Waals surface area contributed by atoms with Crippen molar-refractivity contribution < 1.29 is 9.53 Å². The summed E-state index contributed by atoms with van der Waals surface area (Å²) in [4.78, 5) is 12.1. The van der Waals surface area contributed by atoms with Gasteiger partial charge in [-0.2, -0.15) is 0 Å². The van der Waals surface area contributed by atoms with Crippen LogP contribution < -0.4 is 10.1 Å². The highest BCUT2D eigenvalue weighted by molar-refractivity contribution is 6.30. The molecular formula is C16H16ClNO2. The molecular weight excluding hydrogens is 274 g/mol. The Bertz CT molecular complexity index is 613. The number of rotatable bonds is 4. The minimum absolute atomic E-state index is 0.114. The van der Waals surface area contributed by atoms with Crippen molar-refractivity contribution in [1.29, 1.82) is 0 Å². The molecule has 0 aliphatic carbocycles. The first kappa shape index (κ1) is 14.4. The molecule has 4 heteroatoms. The zero-order valence-electron chi connectivity index (χ0n) is 11.4. The number of benzene rings is 2. The molecule has 1 N–H and O–H groups in total. The third-order valence-electron chi connectivity index (χ3n) is 3.03. The molecule has 0 heterocycles. The molecule has 3 nitrogen and oxygen atoms in total. The summed E-state index contributed by atoms with van der Waals surface area (Å²) in [5.41, 5.74) is 1.53. The summed E-state index contributed by atoms with van der Waals surface area (Å²) in [5, 5.41) is 3.49. The average Bonchev–Trinajstić information content (AvgIpc) is 2.47. The van der Waals surface area contributed by atoms with E-state index in [0.29, 0.717) is 10.6 Å². The van der Waals surface area contributed by atoms with E-state index in [1.54, 1.807) is 31.4 Å². The lowest BCUT2D eigenvalue weighted by Gasteiger charge is -2.15. The van der Waals surface area contributed by atoms with E-state index in [0.717, 1.165) is 11.3 Å². The van der Waals surface area contributed by atoms with Crippen molar-refractivity contribution in [3.8, 4) is 5.75 Å². The summed E-state index contributed by atoms with van der Waals surface area (Å²) in [6.07, 6.45) is 0. The highest BCUT2D eigenvalue weighted by Crippen LogP contribution is 2.19. The van der Waals surface area contributed by atoms with Crippen molar-refractivity contribution >= 4 is 17.5 Å². The molecule has 1 amide bonds. The summed E-state index contributed by atoms with van der Waals surface area (Å²) in [6.45, 7) is 1.93. The number of hydrogen-bond donors (Lipinski definition) is 1. The van der Waals surface area contributed by atoms with Crippen LogP contribution in [0.25, 0.3) is 0 Å². The molecule has 0 saturated heterocycles. The van der Waals surface area contributed by atoms with Crippen LogP contribution in [0, 0.1) is 0 Å². The standard InChI is InChI=1S/C16H16ClNO2/c1-11(12-5-4-8-15(10-12)20-2)18-16(19)13-6-3-7-14(17)9-13/h3-11H,1-2H3,(H,18,19)/t11-/m0/s1. The maximum absolute atomic E-state index is 12.1. The molecule has 0 fully saturated rings. The zero-order valence-corrected chi connectivity index (χ0v) is 12.1. The first-order chi connectivity index (χ1) is 9.60. The number of carbonyl (C=O) groups excluding carboxylic acids is 1.